The smallest absolute Gasteiger partial charge is 0.336 e. The average Bonchev–Trinajstić information content (AvgIpc) is 2.60. The Kier molecular flexibility index (Phi) is 5.92. The molecule has 2 rings (SSSR count). The maximum Gasteiger partial charge on any atom is 0.336 e. The molecule has 6 nitrogen and oxygen atoms in total. The Morgan fingerprint density at radius 1 is 1.12 bits per heavy atom. The maximum atomic E-state index is 12.4. The number of rotatable bonds is 7. The van der Waals surface area contributed by atoms with E-state index >= 15 is 0 Å². The van der Waals surface area contributed by atoms with Crippen LogP contribution in [0, 0.1) is 0 Å². The zero-order valence-electron chi connectivity index (χ0n) is 13.3. The molecule has 3 N–H and O–H groups in total. The number of hydrogen-bond acceptors (Lipinski definition) is 4. The summed E-state index contributed by atoms with van der Waals surface area (Å²) in [7, 11) is 1.49. The van der Waals surface area contributed by atoms with Gasteiger partial charge in [0.05, 0.1) is 23.9 Å². The number of nitrogens with one attached hydrogen (secondary N) is 1. The number of aliphatic hydroxyl groups is 1. The van der Waals surface area contributed by atoms with Crippen LogP contribution >= 0.6 is 0 Å². The predicted octanol–water partition coefficient (Wildman–Crippen LogP) is 2.57. The van der Waals surface area contributed by atoms with Crippen LogP contribution in [0.3, 0.4) is 0 Å². The van der Waals surface area contributed by atoms with E-state index in [2.05, 4.69) is 5.32 Å². The topological polar surface area (TPSA) is 95.9 Å². The fraction of sp³-hybridized carbons (Fsp3) is 0.222. The van der Waals surface area contributed by atoms with Gasteiger partial charge in [-0.3, -0.25) is 4.79 Å². The molecular formula is C18H19NO5. The van der Waals surface area contributed by atoms with Crippen LogP contribution in [-0.4, -0.2) is 35.8 Å². The second-order valence-electron chi connectivity index (χ2n) is 5.17. The molecule has 0 saturated carbocycles. The van der Waals surface area contributed by atoms with Gasteiger partial charge in [-0.15, -0.1) is 0 Å². The first-order valence-electron chi connectivity index (χ1n) is 7.48. The van der Waals surface area contributed by atoms with Crippen LogP contribution in [0.1, 0.15) is 32.7 Å². The van der Waals surface area contributed by atoms with Gasteiger partial charge in [0.25, 0.3) is 5.91 Å². The van der Waals surface area contributed by atoms with E-state index in [0.717, 1.165) is 5.56 Å². The summed E-state index contributed by atoms with van der Waals surface area (Å²) in [5, 5.41) is 20.7. The van der Waals surface area contributed by atoms with Crippen molar-refractivity contribution in [1.29, 1.82) is 0 Å². The first-order valence-corrected chi connectivity index (χ1v) is 7.48. The number of benzene rings is 2. The van der Waals surface area contributed by atoms with Crippen molar-refractivity contribution in [3.05, 3.63) is 59.2 Å². The molecule has 0 saturated heterocycles. The van der Waals surface area contributed by atoms with E-state index in [1.807, 2.05) is 6.07 Å². The third-order valence-corrected chi connectivity index (χ3v) is 3.54. The SMILES string of the molecule is COc1cc(CCCO)ccc1NC(=O)c1ccccc1C(=O)O. The number of methoxy groups -OCH3 is 1. The second kappa shape index (κ2) is 8.12. The Balaban J connectivity index is 2.24. The minimum atomic E-state index is -1.16. The first-order chi connectivity index (χ1) is 11.6. The number of carboxylic acid groups (broad SMARTS) is 1. The Morgan fingerprint density at radius 3 is 2.46 bits per heavy atom. The highest BCUT2D eigenvalue weighted by Crippen LogP contribution is 2.27. The number of carbonyl (C=O) groups excluding carboxylic acids is 1. The van der Waals surface area contributed by atoms with Gasteiger partial charge < -0.3 is 20.3 Å². The minimum Gasteiger partial charge on any atom is -0.495 e. The van der Waals surface area contributed by atoms with E-state index in [-0.39, 0.29) is 17.7 Å². The fourth-order valence-electron chi connectivity index (χ4n) is 2.33. The maximum absolute atomic E-state index is 12.4. The Labute approximate surface area is 139 Å². The van der Waals surface area contributed by atoms with E-state index in [9.17, 15) is 14.7 Å². The highest BCUT2D eigenvalue weighted by Gasteiger charge is 2.17. The number of amides is 1. The summed E-state index contributed by atoms with van der Waals surface area (Å²) in [6.07, 6.45) is 1.34. The molecule has 6 heteroatoms. The summed E-state index contributed by atoms with van der Waals surface area (Å²) in [5.41, 5.74) is 1.45. The summed E-state index contributed by atoms with van der Waals surface area (Å²) >= 11 is 0. The molecule has 0 spiro atoms. The molecule has 0 heterocycles. The number of anilines is 1. The first kappa shape index (κ1) is 17.5. The summed E-state index contributed by atoms with van der Waals surface area (Å²) in [4.78, 5) is 23.6. The zero-order valence-corrected chi connectivity index (χ0v) is 13.3. The largest absolute Gasteiger partial charge is 0.495 e. The number of carbonyl (C=O) groups is 2. The van der Waals surface area contributed by atoms with Crippen LogP contribution in [0.15, 0.2) is 42.5 Å². The molecule has 0 aliphatic heterocycles. The molecule has 2 aromatic rings. The van der Waals surface area contributed by atoms with Gasteiger partial charge in [0, 0.05) is 6.61 Å². The van der Waals surface area contributed by atoms with E-state index in [1.54, 1.807) is 24.3 Å². The standard InChI is InChI=1S/C18H19NO5/c1-24-16-11-12(5-4-10-20)8-9-15(16)19-17(21)13-6-2-3-7-14(13)18(22)23/h2-3,6-9,11,20H,4-5,10H2,1H3,(H,19,21)(H,22,23). The number of carboxylic acids is 1. The quantitative estimate of drug-likeness (QED) is 0.725. The minimum absolute atomic E-state index is 0.0615. The number of aromatic carboxylic acids is 1. The Hall–Kier alpha value is -2.86. The van der Waals surface area contributed by atoms with Crippen LogP contribution in [0.5, 0.6) is 5.75 Å². The van der Waals surface area contributed by atoms with Crippen LogP contribution in [0.4, 0.5) is 5.69 Å². The van der Waals surface area contributed by atoms with E-state index in [4.69, 9.17) is 9.84 Å². The van der Waals surface area contributed by atoms with Gasteiger partial charge in [-0.1, -0.05) is 18.2 Å². The molecule has 0 radical (unpaired) electrons. The summed E-state index contributed by atoms with van der Waals surface area (Å²) in [5.74, 6) is -1.20. The van der Waals surface area contributed by atoms with E-state index in [0.29, 0.717) is 24.3 Å². The Morgan fingerprint density at radius 2 is 1.83 bits per heavy atom. The molecular weight excluding hydrogens is 310 g/mol. The fourth-order valence-corrected chi connectivity index (χ4v) is 2.33. The molecule has 0 atom stereocenters. The van der Waals surface area contributed by atoms with Gasteiger partial charge in [-0.2, -0.15) is 0 Å². The summed E-state index contributed by atoms with van der Waals surface area (Å²) in [6.45, 7) is 0.104. The number of hydrogen-bond donors (Lipinski definition) is 3. The van der Waals surface area contributed by atoms with Crippen LogP contribution in [0.2, 0.25) is 0 Å². The summed E-state index contributed by atoms with van der Waals surface area (Å²) in [6, 6.07) is 11.3. The van der Waals surface area contributed by atoms with Gasteiger partial charge in [0.1, 0.15) is 5.75 Å². The molecule has 1 amide bonds. The van der Waals surface area contributed by atoms with Crippen molar-refractivity contribution in [2.75, 3.05) is 19.0 Å². The van der Waals surface area contributed by atoms with Gasteiger partial charge in [-0.25, -0.2) is 4.79 Å². The van der Waals surface area contributed by atoms with Crippen molar-refractivity contribution < 1.29 is 24.5 Å². The van der Waals surface area contributed by atoms with Crippen LogP contribution < -0.4 is 10.1 Å². The molecule has 0 aromatic heterocycles. The van der Waals surface area contributed by atoms with E-state index in [1.165, 1.54) is 19.2 Å². The third-order valence-electron chi connectivity index (χ3n) is 3.54. The number of ether oxygens (including phenoxy) is 1. The van der Waals surface area contributed by atoms with Crippen LogP contribution in [0.25, 0.3) is 0 Å². The monoisotopic (exact) mass is 329 g/mol. The van der Waals surface area contributed by atoms with Gasteiger partial charge in [0.15, 0.2) is 0 Å². The van der Waals surface area contributed by atoms with Gasteiger partial charge in [-0.05, 0) is 42.7 Å². The Bertz CT molecular complexity index is 742. The molecule has 0 aliphatic carbocycles. The molecule has 126 valence electrons. The van der Waals surface area contributed by atoms with Crippen molar-refractivity contribution in [1.82, 2.24) is 0 Å². The number of aryl methyl sites for hydroxylation is 1. The zero-order chi connectivity index (χ0) is 17.5. The number of aliphatic hydroxyl groups excluding tert-OH is 1. The highest BCUT2D eigenvalue weighted by molar-refractivity contribution is 6.11. The van der Waals surface area contributed by atoms with Gasteiger partial charge >= 0.3 is 5.97 Å². The second-order valence-corrected chi connectivity index (χ2v) is 5.17. The van der Waals surface area contributed by atoms with Crippen LogP contribution in [-0.2, 0) is 6.42 Å². The lowest BCUT2D eigenvalue weighted by atomic mass is 10.1. The highest BCUT2D eigenvalue weighted by atomic mass is 16.5. The van der Waals surface area contributed by atoms with Crippen molar-refractivity contribution >= 4 is 17.6 Å². The third kappa shape index (κ3) is 4.11. The normalized spacial score (nSPS) is 10.2. The molecule has 0 fully saturated rings. The lowest BCUT2D eigenvalue weighted by molar-refractivity contribution is 0.0692. The lowest BCUT2D eigenvalue weighted by Crippen LogP contribution is -2.16. The molecule has 0 unspecified atom stereocenters. The molecule has 24 heavy (non-hydrogen) atoms. The predicted molar refractivity (Wildman–Crippen MR) is 89.8 cm³/mol. The van der Waals surface area contributed by atoms with Crippen molar-refractivity contribution in [2.24, 2.45) is 0 Å². The van der Waals surface area contributed by atoms with Gasteiger partial charge in [0.2, 0.25) is 0 Å². The van der Waals surface area contributed by atoms with E-state index < -0.39 is 11.9 Å². The summed E-state index contributed by atoms with van der Waals surface area (Å²) < 4.78 is 5.29. The van der Waals surface area contributed by atoms with Crippen molar-refractivity contribution in [3.63, 3.8) is 0 Å². The average molecular weight is 329 g/mol. The van der Waals surface area contributed by atoms with Crippen molar-refractivity contribution in [3.8, 4) is 5.75 Å². The van der Waals surface area contributed by atoms with Crippen molar-refractivity contribution in [2.45, 2.75) is 12.8 Å². The lowest BCUT2D eigenvalue weighted by Gasteiger charge is -2.13. The molecule has 0 bridgehead atoms. The molecule has 0 aliphatic rings. The molecule has 2 aromatic carbocycles.